The maximum Gasteiger partial charge on any atom is 0.251 e. The van der Waals surface area contributed by atoms with E-state index in [2.05, 4.69) is 25.8 Å². The van der Waals surface area contributed by atoms with Crippen molar-refractivity contribution in [3.63, 3.8) is 0 Å². The Morgan fingerprint density at radius 1 is 1.19 bits per heavy atom. The summed E-state index contributed by atoms with van der Waals surface area (Å²) < 4.78 is 13.6. The van der Waals surface area contributed by atoms with Crippen LogP contribution in [-0.2, 0) is 5.41 Å². The van der Waals surface area contributed by atoms with Crippen molar-refractivity contribution in [2.75, 3.05) is 0 Å². The van der Waals surface area contributed by atoms with Crippen molar-refractivity contribution >= 4 is 10.9 Å². The van der Waals surface area contributed by atoms with Gasteiger partial charge in [-0.1, -0.05) is 26.8 Å². The molecule has 0 aliphatic heterocycles. The minimum Gasteiger partial charge on any atom is -0.322 e. The summed E-state index contributed by atoms with van der Waals surface area (Å²) in [6, 6.07) is 6.44. The van der Waals surface area contributed by atoms with Crippen molar-refractivity contribution < 1.29 is 4.39 Å². The van der Waals surface area contributed by atoms with E-state index in [1.54, 1.807) is 12.1 Å². The standard InChI is InChI=1S/C13H14FNO/c1-13(2,3)8-4-5-11-9(6-8)10(14)7-12(16)15-11/h4-7H,1-3H3,(H,15,16). The van der Waals surface area contributed by atoms with Crippen LogP contribution in [0, 0.1) is 5.82 Å². The largest absolute Gasteiger partial charge is 0.322 e. The van der Waals surface area contributed by atoms with E-state index in [0.717, 1.165) is 11.6 Å². The van der Waals surface area contributed by atoms with Crippen LogP contribution in [0.15, 0.2) is 29.1 Å². The van der Waals surface area contributed by atoms with Crippen molar-refractivity contribution in [1.29, 1.82) is 0 Å². The number of hydrogen-bond acceptors (Lipinski definition) is 1. The molecule has 0 aliphatic carbocycles. The average Bonchev–Trinajstić information content (AvgIpc) is 2.15. The lowest BCUT2D eigenvalue weighted by molar-refractivity contribution is 0.590. The van der Waals surface area contributed by atoms with Crippen LogP contribution in [0.2, 0.25) is 0 Å². The molecule has 0 spiro atoms. The summed E-state index contributed by atoms with van der Waals surface area (Å²) in [5, 5.41) is 0.465. The Morgan fingerprint density at radius 2 is 1.88 bits per heavy atom. The topological polar surface area (TPSA) is 32.9 Å². The minimum absolute atomic E-state index is 0.0310. The Morgan fingerprint density at radius 3 is 2.50 bits per heavy atom. The predicted molar refractivity (Wildman–Crippen MR) is 63.2 cm³/mol. The molecule has 84 valence electrons. The van der Waals surface area contributed by atoms with E-state index < -0.39 is 11.4 Å². The van der Waals surface area contributed by atoms with Gasteiger partial charge in [0.1, 0.15) is 5.82 Å². The zero-order chi connectivity index (χ0) is 11.9. The Bertz CT molecular complexity index is 593. The maximum absolute atomic E-state index is 13.6. The summed E-state index contributed by atoms with van der Waals surface area (Å²) in [6.07, 6.45) is 0. The lowest BCUT2D eigenvalue weighted by Gasteiger charge is -2.19. The number of H-pyrrole nitrogens is 1. The third-order valence-corrected chi connectivity index (χ3v) is 2.66. The molecule has 0 radical (unpaired) electrons. The van der Waals surface area contributed by atoms with Crippen LogP contribution in [0.5, 0.6) is 0 Å². The number of aromatic amines is 1. The van der Waals surface area contributed by atoms with E-state index in [0.29, 0.717) is 10.9 Å². The second-order valence-corrected chi connectivity index (χ2v) is 4.99. The van der Waals surface area contributed by atoms with Crippen LogP contribution < -0.4 is 5.56 Å². The number of halogens is 1. The zero-order valence-electron chi connectivity index (χ0n) is 9.60. The summed E-state index contributed by atoms with van der Waals surface area (Å²) in [6.45, 7) is 6.20. The fourth-order valence-corrected chi connectivity index (χ4v) is 1.68. The number of fused-ring (bicyclic) bond motifs is 1. The molecule has 0 aliphatic rings. The van der Waals surface area contributed by atoms with Gasteiger partial charge in [-0.25, -0.2) is 4.39 Å². The fraction of sp³-hybridized carbons (Fsp3) is 0.308. The maximum atomic E-state index is 13.6. The highest BCUT2D eigenvalue weighted by molar-refractivity contribution is 5.79. The highest BCUT2D eigenvalue weighted by Gasteiger charge is 2.14. The average molecular weight is 219 g/mol. The second-order valence-electron chi connectivity index (χ2n) is 4.99. The molecular formula is C13H14FNO. The van der Waals surface area contributed by atoms with E-state index in [1.165, 1.54) is 0 Å². The highest BCUT2D eigenvalue weighted by Crippen LogP contribution is 2.25. The van der Waals surface area contributed by atoms with Gasteiger partial charge in [-0.15, -0.1) is 0 Å². The van der Waals surface area contributed by atoms with Gasteiger partial charge in [0.15, 0.2) is 0 Å². The van der Waals surface area contributed by atoms with E-state index in [-0.39, 0.29) is 5.41 Å². The predicted octanol–water partition coefficient (Wildman–Crippen LogP) is 2.96. The fourth-order valence-electron chi connectivity index (χ4n) is 1.68. The lowest BCUT2D eigenvalue weighted by atomic mass is 9.86. The lowest BCUT2D eigenvalue weighted by Crippen LogP contribution is -2.12. The van der Waals surface area contributed by atoms with Gasteiger partial charge in [-0.05, 0) is 23.1 Å². The summed E-state index contributed by atoms with van der Waals surface area (Å²) in [4.78, 5) is 13.7. The number of rotatable bonds is 0. The van der Waals surface area contributed by atoms with Gasteiger partial charge < -0.3 is 4.98 Å². The monoisotopic (exact) mass is 219 g/mol. The molecule has 3 heteroatoms. The van der Waals surface area contributed by atoms with E-state index in [9.17, 15) is 9.18 Å². The smallest absolute Gasteiger partial charge is 0.251 e. The summed E-state index contributed by atoms with van der Waals surface area (Å²) >= 11 is 0. The number of aromatic nitrogens is 1. The SMILES string of the molecule is CC(C)(C)c1ccc2[nH]c(=O)cc(F)c2c1. The van der Waals surface area contributed by atoms with Crippen molar-refractivity contribution in [3.05, 3.63) is 46.0 Å². The second kappa shape index (κ2) is 3.44. The minimum atomic E-state index is -0.468. The molecular weight excluding hydrogens is 205 g/mol. The Kier molecular flexibility index (Phi) is 2.34. The molecule has 1 N–H and O–H groups in total. The number of benzene rings is 1. The molecule has 1 heterocycles. The first kappa shape index (κ1) is 10.9. The van der Waals surface area contributed by atoms with Crippen LogP contribution in [0.1, 0.15) is 26.3 Å². The molecule has 1 aromatic heterocycles. The molecule has 2 aromatic rings. The highest BCUT2D eigenvalue weighted by atomic mass is 19.1. The molecule has 0 atom stereocenters. The van der Waals surface area contributed by atoms with Crippen molar-refractivity contribution in [3.8, 4) is 0 Å². The van der Waals surface area contributed by atoms with Crippen molar-refractivity contribution in [2.24, 2.45) is 0 Å². The summed E-state index contributed by atoms with van der Waals surface area (Å²) in [5.41, 5.74) is 1.15. The first-order valence-electron chi connectivity index (χ1n) is 5.21. The van der Waals surface area contributed by atoms with Gasteiger partial charge in [0.2, 0.25) is 0 Å². The van der Waals surface area contributed by atoms with Gasteiger partial charge in [0.25, 0.3) is 5.56 Å². The van der Waals surface area contributed by atoms with Crippen LogP contribution in [0.4, 0.5) is 4.39 Å². The quantitative estimate of drug-likeness (QED) is 0.726. The molecule has 0 bridgehead atoms. The third-order valence-electron chi connectivity index (χ3n) is 2.66. The van der Waals surface area contributed by atoms with Gasteiger partial charge in [0, 0.05) is 11.5 Å². The Labute approximate surface area is 93.1 Å². The molecule has 0 fully saturated rings. The summed E-state index contributed by atoms with van der Waals surface area (Å²) in [5.74, 6) is -0.468. The molecule has 2 nitrogen and oxygen atoms in total. The van der Waals surface area contributed by atoms with Crippen molar-refractivity contribution in [1.82, 2.24) is 4.98 Å². The molecule has 1 aromatic carbocycles. The molecule has 0 saturated carbocycles. The van der Waals surface area contributed by atoms with Crippen molar-refractivity contribution in [2.45, 2.75) is 26.2 Å². The molecule has 16 heavy (non-hydrogen) atoms. The van der Waals surface area contributed by atoms with E-state index in [1.807, 2.05) is 6.07 Å². The third kappa shape index (κ3) is 1.85. The molecule has 0 unspecified atom stereocenters. The van der Waals surface area contributed by atoms with E-state index in [4.69, 9.17) is 0 Å². The van der Waals surface area contributed by atoms with Gasteiger partial charge in [-0.3, -0.25) is 4.79 Å². The van der Waals surface area contributed by atoms with Gasteiger partial charge in [0.05, 0.1) is 5.52 Å². The molecule has 2 rings (SSSR count). The van der Waals surface area contributed by atoms with Crippen LogP contribution in [0.3, 0.4) is 0 Å². The normalized spacial score (nSPS) is 12.0. The summed E-state index contributed by atoms with van der Waals surface area (Å²) in [7, 11) is 0. The van der Waals surface area contributed by atoms with Crippen LogP contribution in [0.25, 0.3) is 10.9 Å². The zero-order valence-corrected chi connectivity index (χ0v) is 9.60. The Hall–Kier alpha value is -1.64. The first-order valence-corrected chi connectivity index (χ1v) is 5.21. The molecule has 0 saturated heterocycles. The van der Waals surface area contributed by atoms with Gasteiger partial charge in [-0.2, -0.15) is 0 Å². The van der Waals surface area contributed by atoms with Gasteiger partial charge >= 0.3 is 0 Å². The number of hydrogen-bond donors (Lipinski definition) is 1. The number of pyridine rings is 1. The Balaban J connectivity index is 2.76. The molecule has 0 amide bonds. The first-order chi connectivity index (χ1) is 7.38. The van der Waals surface area contributed by atoms with E-state index >= 15 is 0 Å². The number of nitrogens with one attached hydrogen (secondary N) is 1. The van der Waals surface area contributed by atoms with Crippen LogP contribution in [-0.4, -0.2) is 4.98 Å². The van der Waals surface area contributed by atoms with Crippen LogP contribution >= 0.6 is 0 Å².